The molecule has 0 aromatic rings. The molecule has 5 aliphatic carbocycles. The summed E-state index contributed by atoms with van der Waals surface area (Å²) < 4.78 is 6.57. The van der Waals surface area contributed by atoms with Gasteiger partial charge in [0.1, 0.15) is 0 Å². The SMILES string of the molecule is CC[C@]12CCC3C(CCC4=C/C(=N/O)CC[C@@H]43)C1[C@@H]1C[C@@H]1[C@@]21C=CCO1. The van der Waals surface area contributed by atoms with Gasteiger partial charge in [0, 0.05) is 5.41 Å². The largest absolute Gasteiger partial charge is 0.411 e. The zero-order chi connectivity index (χ0) is 17.5. The maximum Gasteiger partial charge on any atom is 0.0957 e. The molecule has 4 saturated carbocycles. The fourth-order valence-corrected chi connectivity index (χ4v) is 8.76. The number of hydrogen-bond acceptors (Lipinski definition) is 3. The first-order valence-corrected chi connectivity index (χ1v) is 11.0. The third kappa shape index (κ3) is 1.72. The Balaban J connectivity index is 1.38. The van der Waals surface area contributed by atoms with Gasteiger partial charge in [-0.2, -0.15) is 0 Å². The van der Waals surface area contributed by atoms with Crippen LogP contribution in [0.3, 0.4) is 0 Å². The Morgan fingerprint density at radius 3 is 2.88 bits per heavy atom. The number of hydrogen-bond donors (Lipinski definition) is 1. The summed E-state index contributed by atoms with van der Waals surface area (Å²) >= 11 is 0. The summed E-state index contributed by atoms with van der Waals surface area (Å²) in [5.74, 6) is 5.12. The van der Waals surface area contributed by atoms with Crippen LogP contribution < -0.4 is 0 Å². The molecule has 140 valence electrons. The second kappa shape index (κ2) is 5.25. The fraction of sp³-hybridized carbons (Fsp3) is 0.783. The highest BCUT2D eigenvalue weighted by Gasteiger charge is 2.77. The summed E-state index contributed by atoms with van der Waals surface area (Å²) in [6.45, 7) is 3.28. The van der Waals surface area contributed by atoms with E-state index < -0.39 is 0 Å². The van der Waals surface area contributed by atoms with Crippen LogP contribution in [0.5, 0.6) is 0 Å². The van der Waals surface area contributed by atoms with Crippen LogP contribution in [0.15, 0.2) is 29.0 Å². The number of rotatable bonds is 1. The number of fused-ring (bicyclic) bond motifs is 9. The van der Waals surface area contributed by atoms with Crippen LogP contribution in [-0.2, 0) is 4.74 Å². The predicted molar refractivity (Wildman–Crippen MR) is 101 cm³/mol. The first-order valence-electron chi connectivity index (χ1n) is 11.0. The standard InChI is InChI=1S/C23H31NO2/c1-2-22-10-8-17-16-7-5-15(24-25)12-14(16)4-6-18(17)21(22)19-13-20(19)23(22)9-3-11-26-23/h3,9,12,16-21,25H,2,4-8,10-11,13H2,1H3/b24-15+/t16-,17?,18?,19+,20-,21?,22-,23-/m0/s1. The number of nitrogens with zero attached hydrogens (tertiary/aromatic N) is 1. The first kappa shape index (κ1) is 15.9. The maximum absolute atomic E-state index is 9.18. The van der Waals surface area contributed by atoms with Crippen LogP contribution in [0.4, 0.5) is 0 Å². The highest BCUT2D eigenvalue weighted by atomic mass is 16.5. The van der Waals surface area contributed by atoms with E-state index in [0.29, 0.717) is 5.41 Å². The van der Waals surface area contributed by atoms with Gasteiger partial charge in [0.25, 0.3) is 0 Å². The Hall–Kier alpha value is -1.09. The third-order valence-corrected chi connectivity index (χ3v) is 9.57. The molecule has 6 rings (SSSR count). The van der Waals surface area contributed by atoms with Crippen LogP contribution in [0.2, 0.25) is 0 Å². The lowest BCUT2D eigenvalue weighted by molar-refractivity contribution is -0.142. The Labute approximate surface area is 156 Å². The zero-order valence-corrected chi connectivity index (χ0v) is 15.9. The molecule has 3 heteroatoms. The Morgan fingerprint density at radius 2 is 2.12 bits per heavy atom. The average molecular weight is 354 g/mol. The maximum atomic E-state index is 9.18. The summed E-state index contributed by atoms with van der Waals surface area (Å²) in [6, 6.07) is 0. The number of ether oxygens (including phenoxy) is 1. The lowest BCUT2D eigenvalue weighted by Gasteiger charge is -2.58. The van der Waals surface area contributed by atoms with Crippen molar-refractivity contribution in [2.45, 2.75) is 63.9 Å². The number of oxime groups is 1. The smallest absolute Gasteiger partial charge is 0.0957 e. The second-order valence-electron chi connectivity index (χ2n) is 9.91. The van der Waals surface area contributed by atoms with Crippen LogP contribution in [0, 0.1) is 40.9 Å². The van der Waals surface area contributed by atoms with Crippen LogP contribution in [0.1, 0.15) is 58.3 Å². The summed E-state index contributed by atoms with van der Waals surface area (Å²) in [4.78, 5) is 0. The quantitative estimate of drug-likeness (QED) is 0.411. The van der Waals surface area contributed by atoms with E-state index in [2.05, 4.69) is 30.3 Å². The molecule has 0 bridgehead atoms. The van der Waals surface area contributed by atoms with Gasteiger partial charge >= 0.3 is 0 Å². The van der Waals surface area contributed by atoms with Gasteiger partial charge in [0.05, 0.1) is 17.9 Å². The normalized spacial score (nSPS) is 55.3. The van der Waals surface area contributed by atoms with E-state index in [4.69, 9.17) is 4.74 Å². The van der Waals surface area contributed by atoms with Gasteiger partial charge in [0.15, 0.2) is 0 Å². The monoisotopic (exact) mass is 353 g/mol. The molecule has 1 spiro atoms. The zero-order valence-electron chi connectivity index (χ0n) is 15.9. The minimum Gasteiger partial charge on any atom is -0.411 e. The molecule has 3 nitrogen and oxygen atoms in total. The summed E-state index contributed by atoms with van der Waals surface area (Å²) in [5, 5.41) is 12.7. The van der Waals surface area contributed by atoms with Crippen molar-refractivity contribution in [3.63, 3.8) is 0 Å². The van der Waals surface area contributed by atoms with Crippen molar-refractivity contribution >= 4 is 5.71 Å². The van der Waals surface area contributed by atoms with Crippen LogP contribution in [-0.4, -0.2) is 23.1 Å². The molecule has 26 heavy (non-hydrogen) atoms. The number of allylic oxidation sites excluding steroid dienone is 2. The molecular formula is C23H31NO2. The Kier molecular flexibility index (Phi) is 3.21. The van der Waals surface area contributed by atoms with Crippen molar-refractivity contribution in [2.24, 2.45) is 46.1 Å². The van der Waals surface area contributed by atoms with Gasteiger partial charge in [-0.05, 0) is 93.0 Å². The van der Waals surface area contributed by atoms with Gasteiger partial charge in [-0.25, -0.2) is 0 Å². The minimum atomic E-state index is 0.0848. The molecule has 1 N–H and O–H groups in total. The average Bonchev–Trinajstić information content (AvgIpc) is 3.26. The third-order valence-electron chi connectivity index (χ3n) is 9.57. The van der Waals surface area contributed by atoms with Crippen molar-refractivity contribution in [1.29, 1.82) is 0 Å². The lowest BCUT2D eigenvalue weighted by atomic mass is 9.48. The molecule has 6 aliphatic rings. The topological polar surface area (TPSA) is 41.8 Å². The van der Waals surface area contributed by atoms with E-state index in [1.807, 2.05) is 0 Å². The predicted octanol–water partition coefficient (Wildman–Crippen LogP) is 4.96. The van der Waals surface area contributed by atoms with Gasteiger partial charge in [-0.3, -0.25) is 0 Å². The molecule has 1 aliphatic heterocycles. The summed E-state index contributed by atoms with van der Waals surface area (Å²) in [7, 11) is 0. The minimum absolute atomic E-state index is 0.0848. The van der Waals surface area contributed by atoms with Crippen molar-refractivity contribution in [3.8, 4) is 0 Å². The van der Waals surface area contributed by atoms with E-state index in [-0.39, 0.29) is 5.60 Å². The van der Waals surface area contributed by atoms with Crippen molar-refractivity contribution in [2.75, 3.05) is 6.61 Å². The van der Waals surface area contributed by atoms with E-state index in [1.165, 1.54) is 44.9 Å². The van der Waals surface area contributed by atoms with E-state index in [9.17, 15) is 5.21 Å². The molecule has 0 saturated heterocycles. The van der Waals surface area contributed by atoms with Crippen LogP contribution in [0.25, 0.3) is 0 Å². The summed E-state index contributed by atoms with van der Waals surface area (Å²) in [5.41, 5.74) is 2.98. The first-order chi connectivity index (χ1) is 12.7. The molecule has 1 heterocycles. The van der Waals surface area contributed by atoms with Crippen LogP contribution >= 0.6 is 0 Å². The van der Waals surface area contributed by atoms with Gasteiger partial charge in [-0.15, -0.1) is 0 Å². The molecule has 0 amide bonds. The molecule has 0 radical (unpaired) electrons. The van der Waals surface area contributed by atoms with Gasteiger partial charge < -0.3 is 9.94 Å². The summed E-state index contributed by atoms with van der Waals surface area (Å²) in [6.07, 6.45) is 17.2. The fourth-order valence-electron chi connectivity index (χ4n) is 8.76. The molecule has 8 atom stereocenters. The van der Waals surface area contributed by atoms with E-state index in [1.54, 1.807) is 5.57 Å². The van der Waals surface area contributed by atoms with Crippen molar-refractivity contribution < 1.29 is 9.94 Å². The van der Waals surface area contributed by atoms with E-state index in [0.717, 1.165) is 54.2 Å². The molecule has 3 unspecified atom stereocenters. The Morgan fingerprint density at radius 1 is 1.19 bits per heavy atom. The van der Waals surface area contributed by atoms with Crippen molar-refractivity contribution in [3.05, 3.63) is 23.8 Å². The van der Waals surface area contributed by atoms with Crippen molar-refractivity contribution in [1.82, 2.24) is 0 Å². The Bertz CT molecular complexity index is 724. The van der Waals surface area contributed by atoms with Gasteiger partial charge in [-0.1, -0.05) is 29.8 Å². The highest BCUT2D eigenvalue weighted by Crippen LogP contribution is 2.78. The van der Waals surface area contributed by atoms with Gasteiger partial charge in [0.2, 0.25) is 0 Å². The highest BCUT2D eigenvalue weighted by molar-refractivity contribution is 5.96. The molecular weight excluding hydrogens is 322 g/mol. The second-order valence-corrected chi connectivity index (χ2v) is 9.91. The molecule has 0 aromatic carbocycles. The molecule has 0 aromatic heterocycles. The van der Waals surface area contributed by atoms with E-state index >= 15 is 0 Å². The molecule has 4 fully saturated rings. The lowest BCUT2D eigenvalue weighted by Crippen LogP contribution is -2.56.